The van der Waals surface area contributed by atoms with Crippen LogP contribution in [-0.4, -0.2) is 64.1 Å². The first kappa shape index (κ1) is 12.4. The molecule has 1 fully saturated rings. The minimum atomic E-state index is 0.244. The second-order valence-electron chi connectivity index (χ2n) is 5.25. The molecule has 0 bridgehead atoms. The van der Waals surface area contributed by atoms with Crippen LogP contribution in [0.5, 0.6) is 5.75 Å². The van der Waals surface area contributed by atoms with E-state index in [1.54, 1.807) is 6.07 Å². The molecule has 0 atom stereocenters. The van der Waals surface area contributed by atoms with Gasteiger partial charge in [-0.25, -0.2) is 4.98 Å². The van der Waals surface area contributed by atoms with Gasteiger partial charge in [0.1, 0.15) is 0 Å². The van der Waals surface area contributed by atoms with Gasteiger partial charge in [0.15, 0.2) is 11.4 Å². The van der Waals surface area contributed by atoms with Crippen LogP contribution in [0.25, 0.3) is 5.65 Å². The lowest BCUT2D eigenvalue weighted by atomic mass is 10.2. The van der Waals surface area contributed by atoms with E-state index in [0.717, 1.165) is 44.8 Å². The maximum Gasteiger partial charge on any atom is 0.179 e. The monoisotopic (exact) mass is 260 g/mol. The van der Waals surface area contributed by atoms with Crippen molar-refractivity contribution < 1.29 is 5.11 Å². The summed E-state index contributed by atoms with van der Waals surface area (Å²) in [6, 6.07) is 3.50. The Kier molecular flexibility index (Phi) is 3.40. The van der Waals surface area contributed by atoms with Crippen LogP contribution in [0.2, 0.25) is 0 Å². The lowest BCUT2D eigenvalue weighted by molar-refractivity contribution is 0.155. The van der Waals surface area contributed by atoms with E-state index < -0.39 is 0 Å². The van der Waals surface area contributed by atoms with Gasteiger partial charge in [-0.2, -0.15) is 0 Å². The fourth-order valence-corrected chi connectivity index (χ4v) is 2.51. The van der Waals surface area contributed by atoms with Crippen LogP contribution in [0, 0.1) is 0 Å². The minimum absolute atomic E-state index is 0.244. The molecule has 5 nitrogen and oxygen atoms in total. The van der Waals surface area contributed by atoms with Crippen molar-refractivity contribution in [2.45, 2.75) is 6.42 Å². The number of pyridine rings is 1. The number of aromatic hydroxyl groups is 1. The first-order chi connectivity index (χ1) is 9.22. The molecule has 2 aromatic rings. The molecule has 19 heavy (non-hydrogen) atoms. The molecule has 102 valence electrons. The summed E-state index contributed by atoms with van der Waals surface area (Å²) >= 11 is 0. The van der Waals surface area contributed by atoms with Gasteiger partial charge in [0, 0.05) is 51.5 Å². The van der Waals surface area contributed by atoms with E-state index in [1.165, 1.54) is 0 Å². The topological polar surface area (TPSA) is 44.0 Å². The molecule has 0 amide bonds. The third-order valence-electron chi connectivity index (χ3n) is 3.79. The molecule has 1 saturated heterocycles. The zero-order valence-electron chi connectivity index (χ0n) is 11.3. The fraction of sp³-hybridized carbons (Fsp3) is 0.500. The molecule has 0 spiro atoms. The molecule has 1 aliphatic heterocycles. The fourth-order valence-electron chi connectivity index (χ4n) is 2.51. The van der Waals surface area contributed by atoms with Crippen molar-refractivity contribution in [2.24, 2.45) is 0 Å². The second kappa shape index (κ2) is 5.19. The summed E-state index contributed by atoms with van der Waals surface area (Å²) in [6.07, 6.45) is 4.86. The lowest BCUT2D eigenvalue weighted by Gasteiger charge is -2.32. The first-order valence-electron chi connectivity index (χ1n) is 6.79. The minimum Gasteiger partial charge on any atom is -0.504 e. The zero-order chi connectivity index (χ0) is 13.2. The van der Waals surface area contributed by atoms with Crippen LogP contribution in [0.15, 0.2) is 24.5 Å². The van der Waals surface area contributed by atoms with Crippen LogP contribution in [0.4, 0.5) is 0 Å². The Hall–Kier alpha value is -1.59. The van der Waals surface area contributed by atoms with E-state index in [4.69, 9.17) is 0 Å². The Labute approximate surface area is 113 Å². The van der Waals surface area contributed by atoms with Crippen molar-refractivity contribution in [3.05, 3.63) is 30.2 Å². The quantitative estimate of drug-likeness (QED) is 0.888. The van der Waals surface area contributed by atoms with Gasteiger partial charge in [0.25, 0.3) is 0 Å². The Morgan fingerprint density at radius 2 is 2.05 bits per heavy atom. The Bertz CT molecular complexity index is 558. The molecule has 2 aromatic heterocycles. The van der Waals surface area contributed by atoms with E-state index >= 15 is 0 Å². The van der Waals surface area contributed by atoms with Crippen LogP contribution < -0.4 is 0 Å². The van der Waals surface area contributed by atoms with Gasteiger partial charge in [-0.05, 0) is 19.2 Å². The molecule has 3 rings (SSSR count). The van der Waals surface area contributed by atoms with Gasteiger partial charge in [-0.15, -0.1) is 0 Å². The maximum absolute atomic E-state index is 9.73. The number of nitrogens with zero attached hydrogens (tertiary/aromatic N) is 4. The van der Waals surface area contributed by atoms with Crippen LogP contribution in [0.1, 0.15) is 5.69 Å². The van der Waals surface area contributed by atoms with Crippen molar-refractivity contribution >= 4 is 5.65 Å². The highest BCUT2D eigenvalue weighted by Gasteiger charge is 2.14. The van der Waals surface area contributed by atoms with Crippen molar-refractivity contribution in [3.63, 3.8) is 0 Å². The molecule has 0 radical (unpaired) electrons. The highest BCUT2D eigenvalue weighted by Crippen LogP contribution is 2.17. The van der Waals surface area contributed by atoms with E-state index in [1.807, 2.05) is 22.9 Å². The van der Waals surface area contributed by atoms with E-state index in [2.05, 4.69) is 21.8 Å². The largest absolute Gasteiger partial charge is 0.504 e. The number of fused-ring (bicyclic) bond motifs is 1. The Balaban J connectivity index is 1.64. The molecule has 0 unspecified atom stereocenters. The summed E-state index contributed by atoms with van der Waals surface area (Å²) in [5.74, 6) is 0.244. The molecule has 3 heterocycles. The smallest absolute Gasteiger partial charge is 0.179 e. The highest BCUT2D eigenvalue weighted by molar-refractivity contribution is 5.53. The summed E-state index contributed by atoms with van der Waals surface area (Å²) in [5, 5.41) is 9.73. The first-order valence-corrected chi connectivity index (χ1v) is 6.79. The van der Waals surface area contributed by atoms with Crippen molar-refractivity contribution in [2.75, 3.05) is 39.8 Å². The van der Waals surface area contributed by atoms with Gasteiger partial charge in [0.2, 0.25) is 0 Å². The molecule has 0 saturated carbocycles. The average molecular weight is 260 g/mol. The molecule has 1 aliphatic rings. The van der Waals surface area contributed by atoms with Crippen LogP contribution in [-0.2, 0) is 6.42 Å². The predicted molar refractivity (Wildman–Crippen MR) is 74.5 cm³/mol. The van der Waals surface area contributed by atoms with Crippen molar-refractivity contribution in [3.8, 4) is 5.75 Å². The van der Waals surface area contributed by atoms with Gasteiger partial charge >= 0.3 is 0 Å². The van der Waals surface area contributed by atoms with Crippen molar-refractivity contribution in [1.29, 1.82) is 0 Å². The molecular weight excluding hydrogens is 240 g/mol. The van der Waals surface area contributed by atoms with Gasteiger partial charge in [-0.1, -0.05) is 0 Å². The normalized spacial score (nSPS) is 18.2. The third kappa shape index (κ3) is 2.72. The molecule has 1 N–H and O–H groups in total. The number of aromatic nitrogens is 2. The number of likely N-dealkylation sites (N-methyl/N-ethyl adjacent to an activating group) is 1. The van der Waals surface area contributed by atoms with E-state index in [0.29, 0.717) is 5.65 Å². The van der Waals surface area contributed by atoms with Gasteiger partial charge in [-0.3, -0.25) is 0 Å². The van der Waals surface area contributed by atoms with Crippen LogP contribution >= 0.6 is 0 Å². The number of rotatable bonds is 3. The predicted octanol–water partition coefficient (Wildman–Crippen LogP) is 0.830. The van der Waals surface area contributed by atoms with Crippen molar-refractivity contribution in [1.82, 2.24) is 19.2 Å². The lowest BCUT2D eigenvalue weighted by Crippen LogP contribution is -2.45. The summed E-state index contributed by atoms with van der Waals surface area (Å²) in [7, 11) is 2.17. The molecule has 0 aliphatic carbocycles. The highest BCUT2D eigenvalue weighted by atomic mass is 16.3. The number of hydrogen-bond acceptors (Lipinski definition) is 4. The average Bonchev–Trinajstić information content (AvgIpc) is 2.83. The third-order valence-corrected chi connectivity index (χ3v) is 3.79. The maximum atomic E-state index is 9.73. The number of imidazole rings is 1. The Morgan fingerprint density at radius 3 is 2.79 bits per heavy atom. The second-order valence-corrected chi connectivity index (χ2v) is 5.25. The Morgan fingerprint density at radius 1 is 1.26 bits per heavy atom. The summed E-state index contributed by atoms with van der Waals surface area (Å²) in [4.78, 5) is 9.32. The summed E-state index contributed by atoms with van der Waals surface area (Å²) in [6.45, 7) is 5.60. The molecular formula is C14H20N4O. The molecule has 5 heteroatoms. The van der Waals surface area contributed by atoms with E-state index in [9.17, 15) is 5.11 Å². The van der Waals surface area contributed by atoms with Gasteiger partial charge in [0.05, 0.1) is 5.69 Å². The molecule has 0 aromatic carbocycles. The van der Waals surface area contributed by atoms with Crippen LogP contribution in [0.3, 0.4) is 0 Å². The van der Waals surface area contributed by atoms with Gasteiger partial charge < -0.3 is 19.3 Å². The summed E-state index contributed by atoms with van der Waals surface area (Å²) < 4.78 is 1.88. The SMILES string of the molecule is CN1CCN(CCc2cn3cccc(O)c3n2)CC1. The van der Waals surface area contributed by atoms with E-state index in [-0.39, 0.29) is 5.75 Å². The zero-order valence-corrected chi connectivity index (χ0v) is 11.3. The number of piperazine rings is 1. The number of hydrogen-bond donors (Lipinski definition) is 1. The summed E-state index contributed by atoms with van der Waals surface area (Å²) in [5.41, 5.74) is 1.69. The standard InChI is InChI=1S/C14H20N4O/c1-16-7-9-17(10-8-16)6-4-12-11-18-5-2-3-13(19)14(18)15-12/h2-3,5,11,19H,4,6-10H2,1H3.